The van der Waals surface area contributed by atoms with Crippen molar-refractivity contribution in [3.8, 4) is 11.5 Å². The van der Waals surface area contributed by atoms with Crippen LogP contribution < -0.4 is 9.47 Å². The van der Waals surface area contributed by atoms with Gasteiger partial charge < -0.3 is 19.3 Å². The Morgan fingerprint density at radius 3 is 2.94 bits per heavy atom. The van der Waals surface area contributed by atoms with Gasteiger partial charge in [-0.15, -0.1) is 0 Å². The number of aliphatic hydroxyl groups is 1. The fourth-order valence-electron chi connectivity index (χ4n) is 1.71. The lowest BCUT2D eigenvalue weighted by Gasteiger charge is -2.23. The Bertz CT molecular complexity index is 460. The van der Waals surface area contributed by atoms with Crippen molar-refractivity contribution in [3.63, 3.8) is 0 Å². The van der Waals surface area contributed by atoms with E-state index in [1.165, 1.54) is 0 Å². The SMILES string of the molecule is CCOC(=O)C(O)c1c(Cl)ccc2c1OCCO2. The minimum atomic E-state index is -1.48. The van der Waals surface area contributed by atoms with Crippen LogP contribution in [0.3, 0.4) is 0 Å². The maximum absolute atomic E-state index is 11.6. The summed E-state index contributed by atoms with van der Waals surface area (Å²) in [6, 6.07) is 3.19. The lowest BCUT2D eigenvalue weighted by molar-refractivity contribution is -0.153. The van der Waals surface area contributed by atoms with Crippen molar-refractivity contribution in [1.29, 1.82) is 0 Å². The molecule has 1 heterocycles. The molecule has 6 heteroatoms. The van der Waals surface area contributed by atoms with Crippen LogP contribution in [0, 0.1) is 0 Å². The molecule has 0 bridgehead atoms. The number of esters is 1. The number of hydrogen-bond donors (Lipinski definition) is 1. The first-order valence-corrected chi connectivity index (χ1v) is 5.95. The third-order valence-corrected chi connectivity index (χ3v) is 2.81. The second-order valence-corrected chi connectivity index (χ2v) is 4.05. The van der Waals surface area contributed by atoms with Gasteiger partial charge in [0.15, 0.2) is 17.6 Å². The monoisotopic (exact) mass is 272 g/mol. The number of carbonyl (C=O) groups excluding carboxylic acids is 1. The Hall–Kier alpha value is -1.46. The lowest BCUT2D eigenvalue weighted by atomic mass is 10.1. The number of hydrogen-bond acceptors (Lipinski definition) is 5. The number of rotatable bonds is 3. The highest BCUT2D eigenvalue weighted by atomic mass is 35.5. The predicted octanol–water partition coefficient (Wildman–Crippen LogP) is 1.71. The van der Waals surface area contributed by atoms with Gasteiger partial charge >= 0.3 is 5.97 Å². The minimum Gasteiger partial charge on any atom is -0.486 e. The third-order valence-electron chi connectivity index (χ3n) is 2.48. The van der Waals surface area contributed by atoms with Gasteiger partial charge in [-0.05, 0) is 19.1 Å². The molecule has 0 aliphatic carbocycles. The molecule has 98 valence electrons. The van der Waals surface area contributed by atoms with E-state index < -0.39 is 12.1 Å². The van der Waals surface area contributed by atoms with Gasteiger partial charge in [0.1, 0.15) is 13.2 Å². The third kappa shape index (κ3) is 2.37. The van der Waals surface area contributed by atoms with Gasteiger partial charge in [0.2, 0.25) is 0 Å². The zero-order valence-electron chi connectivity index (χ0n) is 9.81. The molecule has 1 aromatic rings. The van der Waals surface area contributed by atoms with Crippen LogP contribution in [0.1, 0.15) is 18.6 Å². The molecule has 1 aromatic carbocycles. The predicted molar refractivity (Wildman–Crippen MR) is 64.0 cm³/mol. The van der Waals surface area contributed by atoms with Crippen LogP contribution in [0.2, 0.25) is 5.02 Å². The normalized spacial score (nSPS) is 15.1. The van der Waals surface area contributed by atoms with Crippen molar-refractivity contribution in [1.82, 2.24) is 0 Å². The van der Waals surface area contributed by atoms with E-state index in [2.05, 4.69) is 0 Å². The van der Waals surface area contributed by atoms with Crippen LogP contribution in [0.5, 0.6) is 11.5 Å². The Morgan fingerprint density at radius 1 is 1.50 bits per heavy atom. The first kappa shape index (κ1) is 13.0. The Labute approximate surface area is 109 Å². The van der Waals surface area contributed by atoms with Crippen LogP contribution in [0.15, 0.2) is 12.1 Å². The van der Waals surface area contributed by atoms with E-state index >= 15 is 0 Å². The van der Waals surface area contributed by atoms with E-state index in [0.29, 0.717) is 24.7 Å². The fourth-order valence-corrected chi connectivity index (χ4v) is 1.96. The van der Waals surface area contributed by atoms with Crippen molar-refractivity contribution < 1.29 is 24.1 Å². The summed E-state index contributed by atoms with van der Waals surface area (Å²) in [5.41, 5.74) is 0.187. The summed E-state index contributed by atoms with van der Waals surface area (Å²) < 4.78 is 15.5. The molecule has 18 heavy (non-hydrogen) atoms. The maximum Gasteiger partial charge on any atom is 0.339 e. The quantitative estimate of drug-likeness (QED) is 0.849. The van der Waals surface area contributed by atoms with Gasteiger partial charge in [0.05, 0.1) is 17.2 Å². The summed E-state index contributed by atoms with van der Waals surface area (Å²) in [5.74, 6) is 0.000255. The second-order valence-electron chi connectivity index (χ2n) is 3.64. The van der Waals surface area contributed by atoms with Gasteiger partial charge in [-0.2, -0.15) is 0 Å². The number of ether oxygens (including phenoxy) is 3. The summed E-state index contributed by atoms with van der Waals surface area (Å²) in [5, 5.41) is 10.2. The number of aliphatic hydroxyl groups excluding tert-OH is 1. The molecule has 0 saturated heterocycles. The molecule has 2 rings (SSSR count). The topological polar surface area (TPSA) is 65.0 Å². The van der Waals surface area contributed by atoms with Crippen molar-refractivity contribution in [2.45, 2.75) is 13.0 Å². The largest absolute Gasteiger partial charge is 0.486 e. The molecule has 5 nitrogen and oxygen atoms in total. The highest BCUT2D eigenvalue weighted by Gasteiger charge is 2.29. The van der Waals surface area contributed by atoms with E-state index in [4.69, 9.17) is 25.8 Å². The number of fused-ring (bicyclic) bond motifs is 1. The smallest absolute Gasteiger partial charge is 0.339 e. The molecule has 0 amide bonds. The van der Waals surface area contributed by atoms with Crippen LogP contribution in [-0.4, -0.2) is 30.9 Å². The molecule has 1 unspecified atom stereocenters. The maximum atomic E-state index is 11.6. The average Bonchev–Trinajstić information content (AvgIpc) is 2.38. The molecule has 1 aliphatic heterocycles. The summed E-state index contributed by atoms with van der Waals surface area (Å²) in [6.07, 6.45) is -1.48. The highest BCUT2D eigenvalue weighted by Crippen LogP contribution is 2.41. The second kappa shape index (κ2) is 5.46. The van der Waals surface area contributed by atoms with E-state index in [9.17, 15) is 9.90 Å². The van der Waals surface area contributed by atoms with Gasteiger partial charge in [0, 0.05) is 0 Å². The van der Waals surface area contributed by atoms with Crippen molar-refractivity contribution in [3.05, 3.63) is 22.7 Å². The van der Waals surface area contributed by atoms with Crippen LogP contribution in [-0.2, 0) is 9.53 Å². The zero-order valence-corrected chi connectivity index (χ0v) is 10.6. The van der Waals surface area contributed by atoms with Crippen LogP contribution >= 0.6 is 11.6 Å². The van der Waals surface area contributed by atoms with Crippen LogP contribution in [0.25, 0.3) is 0 Å². The number of carbonyl (C=O) groups is 1. The standard InChI is InChI=1S/C12H13ClO5/c1-2-16-12(15)10(14)9-7(13)3-4-8-11(9)18-6-5-17-8/h3-4,10,14H,2,5-6H2,1H3. The Kier molecular flexibility index (Phi) is 3.93. The molecule has 0 aromatic heterocycles. The first-order chi connectivity index (χ1) is 8.65. The van der Waals surface area contributed by atoms with Crippen LogP contribution in [0.4, 0.5) is 0 Å². The summed E-state index contributed by atoms with van der Waals surface area (Å²) in [6.45, 7) is 2.60. The summed E-state index contributed by atoms with van der Waals surface area (Å²) >= 11 is 6.00. The average molecular weight is 273 g/mol. The van der Waals surface area contributed by atoms with E-state index in [1.54, 1.807) is 19.1 Å². The van der Waals surface area contributed by atoms with Gasteiger partial charge in [-0.3, -0.25) is 0 Å². The molecule has 0 spiro atoms. The number of halogens is 1. The fraction of sp³-hybridized carbons (Fsp3) is 0.417. The first-order valence-electron chi connectivity index (χ1n) is 5.57. The van der Waals surface area contributed by atoms with Gasteiger partial charge in [-0.25, -0.2) is 4.79 Å². The molecular weight excluding hydrogens is 260 g/mol. The Balaban J connectivity index is 2.39. The van der Waals surface area contributed by atoms with E-state index in [1.807, 2.05) is 0 Å². The molecule has 0 radical (unpaired) electrons. The minimum absolute atomic E-state index is 0.180. The molecule has 0 saturated carbocycles. The summed E-state index contributed by atoms with van der Waals surface area (Å²) in [4.78, 5) is 11.6. The van der Waals surface area contributed by atoms with Crippen molar-refractivity contribution >= 4 is 17.6 Å². The molecule has 0 fully saturated rings. The number of benzene rings is 1. The molecule has 1 atom stereocenters. The van der Waals surface area contributed by atoms with Crippen molar-refractivity contribution in [2.75, 3.05) is 19.8 Å². The highest BCUT2D eigenvalue weighted by molar-refractivity contribution is 6.32. The summed E-state index contributed by atoms with van der Waals surface area (Å²) in [7, 11) is 0. The van der Waals surface area contributed by atoms with E-state index in [0.717, 1.165) is 0 Å². The van der Waals surface area contributed by atoms with Crippen molar-refractivity contribution in [2.24, 2.45) is 0 Å². The van der Waals surface area contributed by atoms with Gasteiger partial charge in [0.25, 0.3) is 0 Å². The molecule has 1 N–H and O–H groups in total. The lowest BCUT2D eigenvalue weighted by Crippen LogP contribution is -2.21. The van der Waals surface area contributed by atoms with E-state index in [-0.39, 0.29) is 17.2 Å². The molecular formula is C12H13ClO5. The molecule has 1 aliphatic rings. The Morgan fingerprint density at radius 2 is 2.22 bits per heavy atom. The van der Waals surface area contributed by atoms with Gasteiger partial charge in [-0.1, -0.05) is 11.6 Å². The zero-order chi connectivity index (χ0) is 13.1.